The fraction of sp³-hybridized carbons (Fsp3) is 0.286. The van der Waals surface area contributed by atoms with Crippen LogP contribution < -0.4 is 15.4 Å². The van der Waals surface area contributed by atoms with E-state index in [1.54, 1.807) is 6.07 Å². The number of aromatic nitrogens is 1. The average Bonchev–Trinajstić information content (AvgIpc) is 3.08. The maximum absolute atomic E-state index is 12.2. The predicted molar refractivity (Wildman–Crippen MR) is 108 cm³/mol. The van der Waals surface area contributed by atoms with E-state index in [1.165, 1.54) is 19.3 Å². The molecule has 1 aliphatic carbocycles. The summed E-state index contributed by atoms with van der Waals surface area (Å²) in [5.74, 6) is 1.55. The minimum atomic E-state index is -0.280. The maximum Gasteiger partial charge on any atom is 0.319 e. The van der Waals surface area contributed by atoms with Crippen LogP contribution in [-0.2, 0) is 6.54 Å². The minimum absolute atomic E-state index is 0.280. The molecule has 0 atom stereocenters. The first-order chi connectivity index (χ1) is 13.2. The third kappa shape index (κ3) is 4.37. The number of H-pyrrole nitrogens is 1. The molecule has 0 unspecified atom stereocenters. The molecule has 1 heterocycles. The van der Waals surface area contributed by atoms with E-state index in [0.29, 0.717) is 23.2 Å². The van der Waals surface area contributed by atoms with Crippen molar-refractivity contribution in [3.8, 4) is 5.75 Å². The number of hydrogen-bond acceptors (Lipinski definition) is 2. The SMILES string of the molecule is O=C(NCc1cccc(OCC2CCC2)c1)Nc1cc(Cl)c2cc[nH]c2c1. The Labute approximate surface area is 163 Å². The number of aromatic amines is 1. The summed E-state index contributed by atoms with van der Waals surface area (Å²) >= 11 is 6.24. The average molecular weight is 384 g/mol. The summed E-state index contributed by atoms with van der Waals surface area (Å²) in [5, 5.41) is 7.21. The molecule has 0 saturated heterocycles. The molecule has 1 aromatic heterocycles. The van der Waals surface area contributed by atoms with Gasteiger partial charge in [-0.1, -0.05) is 30.2 Å². The van der Waals surface area contributed by atoms with Gasteiger partial charge in [0.15, 0.2) is 0 Å². The molecule has 5 nitrogen and oxygen atoms in total. The predicted octanol–water partition coefficient (Wildman–Crippen LogP) is 5.32. The Morgan fingerprint density at radius 1 is 1.22 bits per heavy atom. The van der Waals surface area contributed by atoms with Crippen molar-refractivity contribution < 1.29 is 9.53 Å². The molecule has 3 N–H and O–H groups in total. The number of anilines is 1. The molecule has 2 amide bonds. The van der Waals surface area contributed by atoms with Crippen LogP contribution in [0.4, 0.5) is 10.5 Å². The van der Waals surface area contributed by atoms with Crippen LogP contribution in [0.15, 0.2) is 48.7 Å². The van der Waals surface area contributed by atoms with Gasteiger partial charge in [0.05, 0.1) is 11.6 Å². The van der Waals surface area contributed by atoms with Crippen molar-refractivity contribution in [3.63, 3.8) is 0 Å². The molecule has 0 bridgehead atoms. The Hall–Kier alpha value is -2.66. The second-order valence-electron chi connectivity index (χ2n) is 6.96. The van der Waals surface area contributed by atoms with Gasteiger partial charge in [-0.2, -0.15) is 0 Å². The molecule has 3 aromatic rings. The van der Waals surface area contributed by atoms with Gasteiger partial charge in [-0.05, 0) is 54.7 Å². The second-order valence-corrected chi connectivity index (χ2v) is 7.37. The summed E-state index contributed by atoms with van der Waals surface area (Å²) in [5.41, 5.74) is 2.52. The van der Waals surface area contributed by atoms with Crippen molar-refractivity contribution in [2.75, 3.05) is 11.9 Å². The lowest BCUT2D eigenvalue weighted by Gasteiger charge is -2.25. The van der Waals surface area contributed by atoms with Gasteiger partial charge < -0.3 is 20.4 Å². The molecule has 1 fully saturated rings. The molecule has 1 aliphatic rings. The van der Waals surface area contributed by atoms with E-state index < -0.39 is 0 Å². The molecule has 27 heavy (non-hydrogen) atoms. The van der Waals surface area contributed by atoms with Crippen molar-refractivity contribution >= 4 is 34.2 Å². The van der Waals surface area contributed by atoms with Crippen molar-refractivity contribution in [3.05, 3.63) is 59.2 Å². The highest BCUT2D eigenvalue weighted by molar-refractivity contribution is 6.35. The lowest BCUT2D eigenvalue weighted by atomic mass is 9.86. The normalized spacial score (nSPS) is 14.0. The topological polar surface area (TPSA) is 66.2 Å². The Bertz CT molecular complexity index is 950. The van der Waals surface area contributed by atoms with Gasteiger partial charge in [0, 0.05) is 29.3 Å². The highest BCUT2D eigenvalue weighted by Crippen LogP contribution is 2.28. The summed E-state index contributed by atoms with van der Waals surface area (Å²) in [6.07, 6.45) is 5.66. The van der Waals surface area contributed by atoms with Crippen LogP contribution >= 0.6 is 11.6 Å². The fourth-order valence-electron chi connectivity index (χ4n) is 3.17. The zero-order chi connectivity index (χ0) is 18.6. The lowest BCUT2D eigenvalue weighted by molar-refractivity contribution is 0.180. The summed E-state index contributed by atoms with van der Waals surface area (Å²) in [6.45, 7) is 1.20. The van der Waals surface area contributed by atoms with E-state index in [-0.39, 0.29) is 6.03 Å². The number of fused-ring (bicyclic) bond motifs is 1. The highest BCUT2D eigenvalue weighted by atomic mass is 35.5. The van der Waals surface area contributed by atoms with E-state index in [1.807, 2.05) is 42.6 Å². The Balaban J connectivity index is 1.31. The summed E-state index contributed by atoms with van der Waals surface area (Å²) in [4.78, 5) is 15.3. The molecule has 2 aromatic carbocycles. The summed E-state index contributed by atoms with van der Waals surface area (Å²) in [6, 6.07) is 13.1. The number of ether oxygens (including phenoxy) is 1. The van der Waals surface area contributed by atoms with Crippen LogP contribution in [0.1, 0.15) is 24.8 Å². The van der Waals surface area contributed by atoms with Crippen molar-refractivity contribution in [1.82, 2.24) is 10.3 Å². The number of carbonyl (C=O) groups excluding carboxylic acids is 1. The fourth-order valence-corrected chi connectivity index (χ4v) is 3.45. The molecular weight excluding hydrogens is 362 g/mol. The molecular formula is C21H22ClN3O2. The summed E-state index contributed by atoms with van der Waals surface area (Å²) < 4.78 is 5.85. The number of halogens is 1. The minimum Gasteiger partial charge on any atom is -0.493 e. The first kappa shape index (κ1) is 17.7. The standard InChI is InChI=1S/C21H22ClN3O2/c22-19-10-16(11-20-18(19)7-8-23-20)25-21(26)24-12-15-5-2-6-17(9-15)27-13-14-3-1-4-14/h2,5-11,14,23H,1,3-4,12-13H2,(H2,24,25,26). The third-order valence-electron chi connectivity index (χ3n) is 4.94. The number of amides is 2. The number of benzene rings is 2. The Morgan fingerprint density at radius 3 is 2.93 bits per heavy atom. The zero-order valence-electron chi connectivity index (χ0n) is 14.9. The van der Waals surface area contributed by atoms with Gasteiger partial charge in [-0.25, -0.2) is 4.79 Å². The van der Waals surface area contributed by atoms with Gasteiger partial charge >= 0.3 is 6.03 Å². The number of urea groups is 1. The van der Waals surface area contributed by atoms with Crippen LogP contribution in [-0.4, -0.2) is 17.6 Å². The number of nitrogens with one attached hydrogen (secondary N) is 3. The molecule has 0 spiro atoms. The van der Waals surface area contributed by atoms with Gasteiger partial charge in [-0.15, -0.1) is 0 Å². The third-order valence-corrected chi connectivity index (χ3v) is 5.25. The van der Waals surface area contributed by atoms with Gasteiger partial charge in [0.2, 0.25) is 0 Å². The maximum atomic E-state index is 12.2. The second kappa shape index (κ2) is 7.92. The van der Waals surface area contributed by atoms with Crippen molar-refractivity contribution in [1.29, 1.82) is 0 Å². The van der Waals surface area contributed by atoms with E-state index in [2.05, 4.69) is 15.6 Å². The largest absolute Gasteiger partial charge is 0.493 e. The van der Waals surface area contributed by atoms with Crippen LogP contribution in [0.25, 0.3) is 10.9 Å². The first-order valence-electron chi connectivity index (χ1n) is 9.20. The molecule has 0 aliphatic heterocycles. The number of rotatable bonds is 6. The number of carbonyl (C=O) groups is 1. The molecule has 1 saturated carbocycles. The summed E-state index contributed by atoms with van der Waals surface area (Å²) in [7, 11) is 0. The van der Waals surface area contributed by atoms with Crippen LogP contribution in [0, 0.1) is 5.92 Å². The van der Waals surface area contributed by atoms with E-state index in [4.69, 9.17) is 16.3 Å². The first-order valence-corrected chi connectivity index (χ1v) is 9.58. The zero-order valence-corrected chi connectivity index (χ0v) is 15.7. The molecule has 4 rings (SSSR count). The number of hydrogen-bond donors (Lipinski definition) is 3. The quantitative estimate of drug-likeness (QED) is 0.539. The van der Waals surface area contributed by atoms with Crippen molar-refractivity contribution in [2.45, 2.75) is 25.8 Å². The molecule has 0 radical (unpaired) electrons. The highest BCUT2D eigenvalue weighted by Gasteiger charge is 2.17. The lowest BCUT2D eigenvalue weighted by Crippen LogP contribution is -2.28. The Morgan fingerprint density at radius 2 is 2.11 bits per heavy atom. The van der Waals surface area contributed by atoms with Gasteiger partial charge in [-0.3, -0.25) is 0 Å². The molecule has 140 valence electrons. The molecule has 6 heteroatoms. The smallest absolute Gasteiger partial charge is 0.319 e. The van der Waals surface area contributed by atoms with Crippen molar-refractivity contribution in [2.24, 2.45) is 5.92 Å². The monoisotopic (exact) mass is 383 g/mol. The Kier molecular flexibility index (Phi) is 5.21. The van der Waals surface area contributed by atoms with Crippen LogP contribution in [0.3, 0.4) is 0 Å². The van der Waals surface area contributed by atoms with Gasteiger partial charge in [0.25, 0.3) is 0 Å². The van der Waals surface area contributed by atoms with Gasteiger partial charge in [0.1, 0.15) is 5.75 Å². The van der Waals surface area contributed by atoms with Crippen LogP contribution in [0.5, 0.6) is 5.75 Å². The van der Waals surface area contributed by atoms with E-state index in [0.717, 1.165) is 28.8 Å². The van der Waals surface area contributed by atoms with E-state index in [9.17, 15) is 4.79 Å². The van der Waals surface area contributed by atoms with E-state index >= 15 is 0 Å². The van der Waals surface area contributed by atoms with Crippen LogP contribution in [0.2, 0.25) is 5.02 Å².